The molecule has 2 rings (SSSR count). The number of hydrogen-bond donors (Lipinski definition) is 1. The highest BCUT2D eigenvalue weighted by Gasteiger charge is 2.05. The molecule has 0 bridgehead atoms. The van der Waals surface area contributed by atoms with Gasteiger partial charge >= 0.3 is 0 Å². The van der Waals surface area contributed by atoms with E-state index in [2.05, 4.69) is 22.4 Å². The molecule has 0 aliphatic carbocycles. The molecule has 1 aromatic carbocycles. The van der Waals surface area contributed by atoms with E-state index in [4.69, 9.17) is 4.74 Å². The summed E-state index contributed by atoms with van der Waals surface area (Å²) in [6.45, 7) is 2.19. The summed E-state index contributed by atoms with van der Waals surface area (Å²) in [5, 5.41) is 12.4. The number of benzene rings is 1. The Balaban J connectivity index is 1.95. The average Bonchev–Trinajstić information content (AvgIpc) is 2.87. The van der Waals surface area contributed by atoms with E-state index in [1.165, 1.54) is 12.8 Å². The van der Waals surface area contributed by atoms with Gasteiger partial charge in [-0.05, 0) is 18.6 Å². The fourth-order valence-electron chi connectivity index (χ4n) is 1.45. The van der Waals surface area contributed by atoms with Crippen molar-refractivity contribution < 1.29 is 4.74 Å². The molecule has 4 nitrogen and oxygen atoms in total. The fourth-order valence-corrected chi connectivity index (χ4v) is 3.37. The van der Waals surface area contributed by atoms with Crippen LogP contribution in [0.2, 0.25) is 0 Å². The Labute approximate surface area is 121 Å². The molecule has 1 aromatic heterocycles. The number of nitrogens with zero attached hydrogens (tertiary/aromatic N) is 2. The van der Waals surface area contributed by atoms with Crippen molar-refractivity contribution in [2.24, 2.45) is 0 Å². The number of rotatable bonds is 7. The minimum Gasteiger partial charge on any atom is -0.497 e. The van der Waals surface area contributed by atoms with E-state index < -0.39 is 0 Å². The smallest absolute Gasteiger partial charge is 0.210 e. The van der Waals surface area contributed by atoms with Crippen molar-refractivity contribution in [1.29, 1.82) is 0 Å². The van der Waals surface area contributed by atoms with Crippen molar-refractivity contribution in [3.05, 3.63) is 24.3 Å². The van der Waals surface area contributed by atoms with Crippen LogP contribution < -0.4 is 10.1 Å². The lowest BCUT2D eigenvalue weighted by Gasteiger charge is -2.04. The largest absolute Gasteiger partial charge is 0.497 e. The molecule has 1 heterocycles. The first-order chi connectivity index (χ1) is 9.31. The first-order valence-electron chi connectivity index (χ1n) is 6.19. The minimum absolute atomic E-state index is 0.812. The van der Waals surface area contributed by atoms with Gasteiger partial charge in [-0.25, -0.2) is 0 Å². The number of ether oxygens (including phenoxy) is 1. The van der Waals surface area contributed by atoms with Gasteiger partial charge in [-0.15, -0.1) is 10.2 Å². The van der Waals surface area contributed by atoms with Crippen LogP contribution in [0.25, 0.3) is 0 Å². The summed E-state index contributed by atoms with van der Waals surface area (Å²) in [6.07, 6.45) is 2.42. The molecular weight excluding hydrogens is 278 g/mol. The van der Waals surface area contributed by atoms with Gasteiger partial charge in [0.05, 0.1) is 7.11 Å². The van der Waals surface area contributed by atoms with Crippen LogP contribution in [0.1, 0.15) is 19.8 Å². The van der Waals surface area contributed by atoms with Gasteiger partial charge in [0.2, 0.25) is 5.13 Å². The van der Waals surface area contributed by atoms with Crippen molar-refractivity contribution >= 4 is 33.9 Å². The zero-order valence-electron chi connectivity index (χ0n) is 11.0. The normalized spacial score (nSPS) is 10.4. The Morgan fingerprint density at radius 3 is 3.05 bits per heavy atom. The van der Waals surface area contributed by atoms with E-state index in [0.29, 0.717) is 0 Å². The Morgan fingerprint density at radius 1 is 1.37 bits per heavy atom. The first kappa shape index (κ1) is 14.1. The van der Waals surface area contributed by atoms with Crippen molar-refractivity contribution in [3.63, 3.8) is 0 Å². The second kappa shape index (κ2) is 7.35. The number of hydrogen-bond acceptors (Lipinski definition) is 6. The van der Waals surface area contributed by atoms with Crippen molar-refractivity contribution in [2.75, 3.05) is 18.2 Å². The van der Waals surface area contributed by atoms with Gasteiger partial charge in [-0.1, -0.05) is 42.5 Å². The molecule has 102 valence electrons. The number of methoxy groups -OCH3 is 1. The summed E-state index contributed by atoms with van der Waals surface area (Å²) in [5.41, 5.74) is 0.959. The highest BCUT2D eigenvalue weighted by Crippen LogP contribution is 2.29. The predicted octanol–water partition coefficient (Wildman–Crippen LogP) is 4.18. The van der Waals surface area contributed by atoms with E-state index in [0.717, 1.165) is 26.7 Å². The van der Waals surface area contributed by atoms with Crippen LogP contribution in [0.5, 0.6) is 5.75 Å². The van der Waals surface area contributed by atoms with Crippen molar-refractivity contribution in [2.45, 2.75) is 24.1 Å². The summed E-state index contributed by atoms with van der Waals surface area (Å²) in [5.74, 6) is 1.93. The first-order valence-corrected chi connectivity index (χ1v) is 7.99. The molecule has 0 saturated heterocycles. The number of unbranched alkanes of at least 4 members (excludes halogenated alkanes) is 1. The average molecular weight is 295 g/mol. The lowest BCUT2D eigenvalue weighted by molar-refractivity contribution is 0.415. The van der Waals surface area contributed by atoms with E-state index in [1.807, 2.05) is 24.3 Å². The molecule has 0 unspecified atom stereocenters. The van der Waals surface area contributed by atoms with Gasteiger partial charge in [0.1, 0.15) is 5.75 Å². The molecule has 1 N–H and O–H groups in total. The lowest BCUT2D eigenvalue weighted by atomic mass is 10.3. The molecule has 2 aromatic rings. The number of nitrogens with one attached hydrogen (secondary N) is 1. The second-order valence-corrected chi connectivity index (χ2v) is 6.25. The molecule has 0 aliphatic heterocycles. The van der Waals surface area contributed by atoms with E-state index >= 15 is 0 Å². The third-order valence-corrected chi connectivity index (χ3v) is 4.51. The maximum absolute atomic E-state index is 5.19. The maximum atomic E-state index is 5.19. The molecule has 0 aliphatic rings. The van der Waals surface area contributed by atoms with Crippen LogP contribution in [0, 0.1) is 0 Å². The molecule has 0 atom stereocenters. The van der Waals surface area contributed by atoms with E-state index in [1.54, 1.807) is 30.2 Å². The molecule has 0 spiro atoms. The number of thioether (sulfide) groups is 1. The quantitative estimate of drug-likeness (QED) is 0.613. The van der Waals surface area contributed by atoms with Crippen LogP contribution in [-0.4, -0.2) is 23.1 Å². The van der Waals surface area contributed by atoms with Crippen LogP contribution in [-0.2, 0) is 0 Å². The maximum Gasteiger partial charge on any atom is 0.210 e. The number of anilines is 2. The standard InChI is InChI=1S/C13H17N3OS2/c1-3-4-8-18-13-16-15-12(19-13)14-10-6-5-7-11(9-10)17-2/h5-7,9H,3-4,8H2,1-2H3,(H,14,15). The van der Waals surface area contributed by atoms with Gasteiger partial charge in [0.15, 0.2) is 4.34 Å². The summed E-state index contributed by atoms with van der Waals surface area (Å²) < 4.78 is 6.20. The topological polar surface area (TPSA) is 47.0 Å². The Morgan fingerprint density at radius 2 is 2.26 bits per heavy atom. The Hall–Kier alpha value is -1.27. The molecule has 0 amide bonds. The zero-order chi connectivity index (χ0) is 13.5. The predicted molar refractivity (Wildman–Crippen MR) is 81.8 cm³/mol. The summed E-state index contributed by atoms with van der Waals surface area (Å²) in [4.78, 5) is 0. The van der Waals surface area contributed by atoms with Crippen molar-refractivity contribution in [1.82, 2.24) is 10.2 Å². The molecule has 0 radical (unpaired) electrons. The van der Waals surface area contributed by atoms with Crippen molar-refractivity contribution in [3.8, 4) is 5.75 Å². The molecule has 6 heteroatoms. The molecule has 19 heavy (non-hydrogen) atoms. The van der Waals surface area contributed by atoms with Gasteiger partial charge in [-0.2, -0.15) is 0 Å². The second-order valence-electron chi connectivity index (χ2n) is 3.93. The highest BCUT2D eigenvalue weighted by atomic mass is 32.2. The fraction of sp³-hybridized carbons (Fsp3) is 0.385. The van der Waals surface area contributed by atoms with Gasteiger partial charge in [0.25, 0.3) is 0 Å². The molecule has 0 saturated carbocycles. The molecular formula is C13H17N3OS2. The Bertz CT molecular complexity index is 516. The summed E-state index contributed by atoms with van der Waals surface area (Å²) in [6, 6.07) is 7.77. The third-order valence-electron chi connectivity index (χ3n) is 2.45. The summed E-state index contributed by atoms with van der Waals surface area (Å²) >= 11 is 3.34. The van der Waals surface area contributed by atoms with E-state index in [9.17, 15) is 0 Å². The SMILES string of the molecule is CCCCSc1nnc(Nc2cccc(OC)c2)s1. The third kappa shape index (κ3) is 4.40. The van der Waals surface area contributed by atoms with Crippen LogP contribution in [0.15, 0.2) is 28.6 Å². The molecule has 0 fully saturated rings. The van der Waals surface area contributed by atoms with Gasteiger partial charge < -0.3 is 10.1 Å². The van der Waals surface area contributed by atoms with E-state index in [-0.39, 0.29) is 0 Å². The Kier molecular flexibility index (Phi) is 5.47. The van der Waals surface area contributed by atoms with Crippen LogP contribution in [0.4, 0.5) is 10.8 Å². The number of aromatic nitrogens is 2. The lowest BCUT2D eigenvalue weighted by Crippen LogP contribution is -1.90. The minimum atomic E-state index is 0.812. The summed E-state index contributed by atoms with van der Waals surface area (Å²) in [7, 11) is 1.66. The monoisotopic (exact) mass is 295 g/mol. The zero-order valence-corrected chi connectivity index (χ0v) is 12.7. The highest BCUT2D eigenvalue weighted by molar-refractivity contribution is 8.01. The van der Waals surface area contributed by atoms with Gasteiger partial charge in [-0.3, -0.25) is 0 Å². The van der Waals surface area contributed by atoms with Crippen LogP contribution in [0.3, 0.4) is 0 Å². The van der Waals surface area contributed by atoms with Gasteiger partial charge in [0, 0.05) is 17.5 Å². The van der Waals surface area contributed by atoms with Crippen LogP contribution >= 0.6 is 23.1 Å².